The molecule has 9 heteroatoms. The molecule has 0 aliphatic carbocycles. The van der Waals surface area contributed by atoms with Gasteiger partial charge in [-0.25, -0.2) is 0 Å². The Morgan fingerprint density at radius 2 is 1.92 bits per heavy atom. The van der Waals surface area contributed by atoms with Crippen molar-refractivity contribution >= 4 is 22.8 Å². The van der Waals surface area contributed by atoms with Crippen LogP contribution in [0.15, 0.2) is 69.9 Å². The normalized spacial score (nSPS) is 15.2. The molecule has 1 aliphatic heterocycles. The number of hydrogen-bond acceptors (Lipinski definition) is 6. The van der Waals surface area contributed by atoms with E-state index in [0.29, 0.717) is 40.4 Å². The highest BCUT2D eigenvalue weighted by Crippen LogP contribution is 2.29. The topological polar surface area (TPSA) is 107 Å². The Kier molecular flexibility index (Phi) is 6.45. The van der Waals surface area contributed by atoms with E-state index in [-0.39, 0.29) is 29.3 Å². The number of nitrogens with zero attached hydrogens (tertiary/aromatic N) is 4. The molecule has 4 aromatic rings. The Bertz CT molecular complexity index is 1370. The fourth-order valence-corrected chi connectivity index (χ4v) is 5.10. The van der Waals surface area contributed by atoms with E-state index in [0.717, 1.165) is 19.3 Å². The number of likely N-dealkylation sites (tertiary alicyclic amines) is 1. The van der Waals surface area contributed by atoms with E-state index in [2.05, 4.69) is 21.9 Å². The van der Waals surface area contributed by atoms with E-state index in [1.807, 2.05) is 35.0 Å². The van der Waals surface area contributed by atoms with Crippen LogP contribution in [0.5, 0.6) is 0 Å². The highest BCUT2D eigenvalue weighted by molar-refractivity contribution is 5.97. The zero-order valence-corrected chi connectivity index (χ0v) is 20.3. The van der Waals surface area contributed by atoms with Crippen molar-refractivity contribution in [2.45, 2.75) is 32.2 Å². The lowest BCUT2D eigenvalue weighted by Crippen LogP contribution is -2.48. The van der Waals surface area contributed by atoms with Crippen LogP contribution in [0.2, 0.25) is 0 Å². The van der Waals surface area contributed by atoms with Gasteiger partial charge in [0.25, 0.3) is 11.8 Å². The molecule has 1 atom stereocenters. The van der Waals surface area contributed by atoms with Crippen LogP contribution in [-0.2, 0) is 6.42 Å². The largest absolute Gasteiger partial charge is 0.469 e. The van der Waals surface area contributed by atoms with Gasteiger partial charge in [-0.2, -0.15) is 0 Å². The van der Waals surface area contributed by atoms with Crippen molar-refractivity contribution in [2.75, 3.05) is 20.1 Å². The molecular weight excluding hydrogens is 460 g/mol. The van der Waals surface area contributed by atoms with E-state index in [1.54, 1.807) is 37.5 Å². The Morgan fingerprint density at radius 1 is 1.17 bits per heavy atom. The summed E-state index contributed by atoms with van der Waals surface area (Å²) in [4.78, 5) is 30.5. The lowest BCUT2D eigenvalue weighted by Gasteiger charge is -2.40. The molecule has 0 saturated carbocycles. The first-order valence-corrected chi connectivity index (χ1v) is 12.1. The second-order valence-electron chi connectivity index (χ2n) is 9.33. The summed E-state index contributed by atoms with van der Waals surface area (Å²) in [5, 5.41) is 15.3. The molecule has 36 heavy (non-hydrogen) atoms. The van der Waals surface area contributed by atoms with Crippen molar-refractivity contribution in [3.05, 3.63) is 88.5 Å². The first-order chi connectivity index (χ1) is 17.4. The van der Waals surface area contributed by atoms with E-state index >= 15 is 0 Å². The predicted octanol–water partition coefficient (Wildman–Crippen LogP) is 3.60. The average molecular weight is 489 g/mol. The summed E-state index contributed by atoms with van der Waals surface area (Å²) in [5.74, 6) is 0.677. The molecule has 186 valence electrons. The SMILES string of the molecule is Cc1occc1C(=O)N(C)[C@@H](Cc1ccccc1)C1CCN(C(=O)c2ccc3c(c2)no[n+]3[O-])CC1. The maximum absolute atomic E-state index is 13.3. The summed E-state index contributed by atoms with van der Waals surface area (Å²) in [5.41, 5.74) is 2.85. The Morgan fingerprint density at radius 3 is 2.61 bits per heavy atom. The smallest absolute Gasteiger partial charge is 0.257 e. The summed E-state index contributed by atoms with van der Waals surface area (Å²) in [6.07, 6.45) is 3.83. The lowest BCUT2D eigenvalue weighted by atomic mass is 9.84. The van der Waals surface area contributed by atoms with Crippen molar-refractivity contribution in [3.8, 4) is 0 Å². The Balaban J connectivity index is 1.31. The zero-order valence-electron chi connectivity index (χ0n) is 20.3. The number of amides is 2. The second-order valence-corrected chi connectivity index (χ2v) is 9.33. The van der Waals surface area contributed by atoms with Gasteiger partial charge in [0.05, 0.1) is 11.8 Å². The number of carbonyl (C=O) groups excluding carboxylic acids is 2. The summed E-state index contributed by atoms with van der Waals surface area (Å²) in [6.45, 7) is 2.96. The van der Waals surface area contributed by atoms with Crippen LogP contribution in [0.1, 0.15) is 44.9 Å². The van der Waals surface area contributed by atoms with Gasteiger partial charge in [-0.1, -0.05) is 30.3 Å². The minimum absolute atomic E-state index is 0.0227. The lowest BCUT2D eigenvalue weighted by molar-refractivity contribution is -0.782. The summed E-state index contributed by atoms with van der Waals surface area (Å²) in [7, 11) is 1.86. The first-order valence-electron chi connectivity index (χ1n) is 12.1. The van der Waals surface area contributed by atoms with E-state index in [4.69, 9.17) is 4.42 Å². The molecular formula is C27H28N4O5. The monoisotopic (exact) mass is 488 g/mol. The minimum atomic E-state index is -0.103. The molecule has 3 heterocycles. The van der Waals surface area contributed by atoms with E-state index in [1.165, 1.54) is 5.56 Å². The Labute approximate surface area is 208 Å². The third kappa shape index (κ3) is 4.56. The Hall–Kier alpha value is -4.14. The summed E-state index contributed by atoms with van der Waals surface area (Å²) >= 11 is 0. The molecule has 5 rings (SSSR count). The molecule has 0 radical (unpaired) electrons. The van der Waals surface area contributed by atoms with Gasteiger partial charge in [-0.3, -0.25) is 14.2 Å². The number of benzene rings is 2. The number of carbonyl (C=O) groups is 2. The van der Waals surface area contributed by atoms with Crippen molar-refractivity contribution in [2.24, 2.45) is 5.92 Å². The molecule has 2 aromatic carbocycles. The molecule has 0 spiro atoms. The minimum Gasteiger partial charge on any atom is -0.469 e. The van der Waals surface area contributed by atoms with E-state index < -0.39 is 0 Å². The average Bonchev–Trinajstić information content (AvgIpc) is 3.51. The van der Waals surface area contributed by atoms with Gasteiger partial charge >= 0.3 is 0 Å². The molecule has 0 bridgehead atoms. The maximum atomic E-state index is 13.3. The molecule has 0 unspecified atom stereocenters. The summed E-state index contributed by atoms with van der Waals surface area (Å²) < 4.78 is 9.98. The fraction of sp³-hybridized carbons (Fsp3) is 0.333. The highest BCUT2D eigenvalue weighted by Gasteiger charge is 2.34. The van der Waals surface area contributed by atoms with Crippen LogP contribution in [0, 0.1) is 18.0 Å². The highest BCUT2D eigenvalue weighted by atomic mass is 16.8. The number of aromatic nitrogens is 2. The quantitative estimate of drug-likeness (QED) is 0.384. The van der Waals surface area contributed by atoms with Gasteiger partial charge in [-0.05, 0) is 60.8 Å². The number of furan rings is 1. The van der Waals surface area contributed by atoms with Crippen molar-refractivity contribution in [1.82, 2.24) is 15.0 Å². The summed E-state index contributed by atoms with van der Waals surface area (Å²) in [6, 6.07) is 16.6. The molecule has 1 saturated heterocycles. The van der Waals surface area contributed by atoms with E-state index in [9.17, 15) is 14.8 Å². The zero-order chi connectivity index (χ0) is 25.2. The van der Waals surface area contributed by atoms with Crippen LogP contribution in [0.25, 0.3) is 11.0 Å². The number of likely N-dealkylation sites (N-methyl/N-ethyl adjacent to an activating group) is 1. The van der Waals surface area contributed by atoms with Crippen molar-refractivity contribution in [1.29, 1.82) is 0 Å². The van der Waals surface area contributed by atoms with Gasteiger partial charge in [0.1, 0.15) is 5.76 Å². The number of rotatable bonds is 6. The maximum Gasteiger partial charge on any atom is 0.257 e. The van der Waals surface area contributed by atoms with Gasteiger partial charge in [0.15, 0.2) is 0 Å². The number of fused-ring (bicyclic) bond motifs is 1. The molecule has 1 fully saturated rings. The number of aryl methyl sites for hydroxylation is 1. The molecule has 1 aliphatic rings. The second kappa shape index (κ2) is 9.85. The standard InChI is InChI=1S/C27H28N4O5/c1-18-22(12-15-35-18)27(33)29(2)25(16-19-6-4-3-5-7-19)20-10-13-30(14-11-20)26(32)21-8-9-24-23(17-21)28-36-31(24)34/h3-9,12,15,17,20,25H,10-11,13-14,16H2,1-2H3/t25-/m0/s1. The van der Waals surface area contributed by atoms with Crippen LogP contribution >= 0.6 is 0 Å². The third-order valence-electron chi connectivity index (χ3n) is 7.20. The van der Waals surface area contributed by atoms with Crippen molar-refractivity contribution in [3.63, 3.8) is 0 Å². The van der Waals surface area contributed by atoms with Crippen LogP contribution in [-0.4, -0.2) is 52.9 Å². The molecule has 2 amide bonds. The van der Waals surface area contributed by atoms with Crippen molar-refractivity contribution < 1.29 is 23.5 Å². The molecule has 2 aromatic heterocycles. The third-order valence-corrected chi connectivity index (χ3v) is 7.20. The van der Waals surface area contributed by atoms with Gasteiger partial charge in [0.2, 0.25) is 11.0 Å². The van der Waals surface area contributed by atoms with Gasteiger partial charge < -0.3 is 19.4 Å². The van der Waals surface area contributed by atoms with Gasteiger partial charge in [-0.15, -0.1) is 0 Å². The fourth-order valence-electron chi connectivity index (χ4n) is 5.10. The van der Waals surface area contributed by atoms with Crippen LogP contribution < -0.4 is 4.90 Å². The van der Waals surface area contributed by atoms with Gasteiger partial charge in [0, 0.05) is 43.0 Å². The molecule has 9 nitrogen and oxygen atoms in total. The molecule has 0 N–H and O–H groups in total. The predicted molar refractivity (Wildman–Crippen MR) is 131 cm³/mol. The van der Waals surface area contributed by atoms with Crippen LogP contribution in [0.3, 0.4) is 0 Å². The first kappa shape index (κ1) is 23.6. The number of hydrogen-bond donors (Lipinski definition) is 0. The van der Waals surface area contributed by atoms with Crippen LogP contribution in [0.4, 0.5) is 0 Å². The number of piperidine rings is 1.